The molecule has 0 aromatic carbocycles. The highest BCUT2D eigenvalue weighted by Crippen LogP contribution is 2.49. The van der Waals surface area contributed by atoms with Crippen LogP contribution in [0.1, 0.15) is 22.1 Å². The number of anilines is 2. The topological polar surface area (TPSA) is 106 Å². The van der Waals surface area contributed by atoms with Gasteiger partial charge in [0.15, 0.2) is 22.4 Å². The van der Waals surface area contributed by atoms with Crippen LogP contribution in [0.3, 0.4) is 0 Å². The molecule has 102 valence electrons. The first-order valence-electron chi connectivity index (χ1n) is 5.87. The zero-order valence-corrected chi connectivity index (χ0v) is 11.7. The lowest BCUT2D eigenvalue weighted by Gasteiger charge is -2.19. The lowest BCUT2D eigenvalue weighted by atomic mass is 10.4. The Bertz CT molecular complexity index is 616. The molecule has 4 heterocycles. The van der Waals surface area contributed by atoms with Crippen molar-refractivity contribution in [3.63, 3.8) is 0 Å². The van der Waals surface area contributed by atoms with Crippen molar-refractivity contribution in [2.24, 2.45) is 9.98 Å². The van der Waals surface area contributed by atoms with Crippen molar-refractivity contribution in [1.82, 2.24) is 19.9 Å². The van der Waals surface area contributed by atoms with Gasteiger partial charge in [0, 0.05) is 0 Å². The van der Waals surface area contributed by atoms with Crippen LogP contribution >= 0.6 is 21.6 Å². The minimum atomic E-state index is -0.0183. The highest BCUT2D eigenvalue weighted by Gasteiger charge is 2.25. The van der Waals surface area contributed by atoms with E-state index in [1.54, 1.807) is 46.9 Å². The molecule has 2 atom stereocenters. The van der Waals surface area contributed by atoms with Crippen molar-refractivity contribution in [2.45, 2.75) is 10.7 Å². The summed E-state index contributed by atoms with van der Waals surface area (Å²) in [5, 5.41) is 5.98. The third-order valence-electron chi connectivity index (χ3n) is 2.89. The smallest absolute Gasteiger partial charge is 0.155 e. The van der Waals surface area contributed by atoms with Crippen LogP contribution in [-0.4, -0.2) is 32.6 Å². The maximum absolute atomic E-state index is 4.41. The van der Waals surface area contributed by atoms with Gasteiger partial charge in [-0.15, -0.1) is 0 Å². The average molecular weight is 306 g/mol. The quantitative estimate of drug-likeness (QED) is 0.647. The Hall–Kier alpha value is -1.94. The first-order chi connectivity index (χ1) is 9.92. The van der Waals surface area contributed by atoms with Crippen LogP contribution in [0.4, 0.5) is 11.6 Å². The number of imidazole rings is 2. The number of aromatic nitrogens is 4. The molecular weight excluding hydrogens is 296 g/mol. The highest BCUT2D eigenvalue weighted by atomic mass is 33.1. The molecule has 2 aliphatic rings. The summed E-state index contributed by atoms with van der Waals surface area (Å²) in [7, 11) is 3.27. The summed E-state index contributed by atoms with van der Waals surface area (Å²) >= 11 is 0. The Morgan fingerprint density at radius 1 is 0.800 bits per heavy atom. The van der Waals surface area contributed by atoms with E-state index < -0.39 is 0 Å². The number of aromatic amines is 2. The molecule has 2 unspecified atom stereocenters. The number of nitrogens with one attached hydrogen (secondary N) is 4. The Labute approximate surface area is 121 Å². The summed E-state index contributed by atoms with van der Waals surface area (Å²) in [4.78, 5) is 23.4. The van der Waals surface area contributed by atoms with E-state index in [9.17, 15) is 0 Å². The summed E-state index contributed by atoms with van der Waals surface area (Å²) < 4.78 is 0. The van der Waals surface area contributed by atoms with E-state index in [1.165, 1.54) is 0 Å². The van der Waals surface area contributed by atoms with Gasteiger partial charge in [-0.3, -0.25) is 9.98 Å². The number of H-pyrrole nitrogens is 2. The van der Waals surface area contributed by atoms with Crippen molar-refractivity contribution in [1.29, 1.82) is 0 Å². The SMILES string of the molecule is C1=NC(SSC2N=CNc3nc[nH]c32)c2[nH]cnc2N1. The predicted molar refractivity (Wildman–Crippen MR) is 82.1 cm³/mol. The maximum atomic E-state index is 4.41. The van der Waals surface area contributed by atoms with E-state index in [0.29, 0.717) is 0 Å². The monoisotopic (exact) mass is 306 g/mol. The van der Waals surface area contributed by atoms with Crippen LogP contribution in [0.15, 0.2) is 22.6 Å². The summed E-state index contributed by atoms with van der Waals surface area (Å²) in [6, 6.07) is 0. The van der Waals surface area contributed by atoms with Gasteiger partial charge >= 0.3 is 0 Å². The largest absolute Gasteiger partial charge is 0.344 e. The Morgan fingerprint density at radius 2 is 1.30 bits per heavy atom. The van der Waals surface area contributed by atoms with Crippen molar-refractivity contribution >= 4 is 45.9 Å². The molecule has 0 saturated heterocycles. The normalized spacial score (nSPS) is 22.8. The van der Waals surface area contributed by atoms with Gasteiger partial charge in [0.1, 0.15) is 0 Å². The number of fused-ring (bicyclic) bond motifs is 2. The minimum absolute atomic E-state index is 0.0183. The first-order valence-corrected chi connectivity index (χ1v) is 8.14. The van der Waals surface area contributed by atoms with Crippen molar-refractivity contribution in [2.75, 3.05) is 10.6 Å². The van der Waals surface area contributed by atoms with E-state index in [1.807, 2.05) is 0 Å². The molecule has 10 heteroatoms. The second-order valence-electron chi connectivity index (χ2n) is 4.07. The molecule has 0 saturated carbocycles. The van der Waals surface area contributed by atoms with E-state index in [-0.39, 0.29) is 10.7 Å². The molecule has 0 aliphatic carbocycles. The van der Waals surface area contributed by atoms with Gasteiger partial charge in [-0.05, 0) is 0 Å². The summed E-state index contributed by atoms with van der Waals surface area (Å²) in [5.41, 5.74) is 1.96. The number of rotatable bonds is 3. The van der Waals surface area contributed by atoms with Gasteiger partial charge in [-0.2, -0.15) is 0 Å². The summed E-state index contributed by atoms with van der Waals surface area (Å²) in [5.74, 6) is 1.66. The lowest BCUT2D eigenvalue weighted by Crippen LogP contribution is -2.09. The Balaban J connectivity index is 1.49. The second-order valence-corrected chi connectivity index (χ2v) is 6.50. The van der Waals surface area contributed by atoms with Crippen molar-refractivity contribution < 1.29 is 0 Å². The molecule has 0 spiro atoms. The van der Waals surface area contributed by atoms with Crippen LogP contribution in [-0.2, 0) is 0 Å². The van der Waals surface area contributed by atoms with Gasteiger partial charge in [-0.25, -0.2) is 9.97 Å². The number of aliphatic imine (C=N–C) groups is 2. The van der Waals surface area contributed by atoms with E-state index in [2.05, 4.69) is 40.6 Å². The average Bonchev–Trinajstić information content (AvgIpc) is 3.13. The van der Waals surface area contributed by atoms with E-state index in [4.69, 9.17) is 0 Å². The number of hydrogen-bond acceptors (Lipinski definition) is 8. The Kier molecular flexibility index (Phi) is 2.89. The molecule has 2 aromatic rings. The van der Waals surface area contributed by atoms with Crippen molar-refractivity contribution in [3.05, 3.63) is 24.0 Å². The predicted octanol–water partition coefficient (Wildman–Crippen LogP) is 2.12. The van der Waals surface area contributed by atoms with Gasteiger partial charge in [0.2, 0.25) is 0 Å². The molecule has 2 aromatic heterocycles. The van der Waals surface area contributed by atoms with Gasteiger partial charge in [0.05, 0.1) is 36.7 Å². The molecule has 0 fully saturated rings. The third kappa shape index (κ3) is 1.96. The third-order valence-corrected chi connectivity index (χ3v) is 5.51. The van der Waals surface area contributed by atoms with E-state index >= 15 is 0 Å². The zero-order valence-electron chi connectivity index (χ0n) is 10.1. The van der Waals surface area contributed by atoms with Crippen molar-refractivity contribution in [3.8, 4) is 0 Å². The molecule has 0 bridgehead atoms. The van der Waals surface area contributed by atoms with Gasteiger partial charge in [-0.1, -0.05) is 21.6 Å². The standard InChI is InChI=1S/C10H10N8S2/c1-11-5-7(13-1)15-3-17-9(5)19-20-10-6-8(14-2-12-6)16-4-18-10/h1-4,9-10H,(H,11,13)(H,12,14)(H,15,17)(H,16,18). The molecule has 0 amide bonds. The second kappa shape index (κ2) is 4.87. The Morgan fingerprint density at radius 3 is 1.80 bits per heavy atom. The summed E-state index contributed by atoms with van der Waals surface area (Å²) in [6.45, 7) is 0. The highest BCUT2D eigenvalue weighted by molar-refractivity contribution is 8.76. The first kappa shape index (κ1) is 11.9. The van der Waals surface area contributed by atoms with Gasteiger partial charge in [0.25, 0.3) is 0 Å². The van der Waals surface area contributed by atoms with Crippen LogP contribution in [0.5, 0.6) is 0 Å². The van der Waals surface area contributed by atoms with Crippen LogP contribution in [0, 0.1) is 0 Å². The molecular formula is C10H10N8S2. The maximum Gasteiger partial charge on any atom is 0.155 e. The number of hydrogen-bond donors (Lipinski definition) is 4. The lowest BCUT2D eigenvalue weighted by molar-refractivity contribution is 0.973. The zero-order chi connectivity index (χ0) is 13.4. The fourth-order valence-corrected chi connectivity index (χ4v) is 4.44. The molecule has 8 nitrogen and oxygen atoms in total. The molecule has 20 heavy (non-hydrogen) atoms. The van der Waals surface area contributed by atoms with E-state index in [0.717, 1.165) is 23.0 Å². The van der Waals surface area contributed by atoms with Crippen LogP contribution in [0.25, 0.3) is 0 Å². The summed E-state index contributed by atoms with van der Waals surface area (Å²) in [6.07, 6.45) is 6.68. The molecule has 4 N–H and O–H groups in total. The molecule has 2 aliphatic heterocycles. The number of nitrogens with zero attached hydrogens (tertiary/aromatic N) is 4. The minimum Gasteiger partial charge on any atom is -0.344 e. The fourth-order valence-electron chi connectivity index (χ4n) is 1.95. The molecule has 0 radical (unpaired) electrons. The van der Waals surface area contributed by atoms with Crippen LogP contribution < -0.4 is 10.6 Å². The fraction of sp³-hybridized carbons (Fsp3) is 0.200. The van der Waals surface area contributed by atoms with Crippen LogP contribution in [0.2, 0.25) is 0 Å². The molecule has 4 rings (SSSR count). The van der Waals surface area contributed by atoms with Gasteiger partial charge < -0.3 is 20.6 Å².